The molecule has 1 aromatic heterocycles. The number of amides is 1. The first-order chi connectivity index (χ1) is 13.3. The van der Waals surface area contributed by atoms with E-state index in [-0.39, 0.29) is 19.1 Å². The summed E-state index contributed by atoms with van der Waals surface area (Å²) in [6, 6.07) is 16.9. The molecule has 1 heterocycles. The summed E-state index contributed by atoms with van der Waals surface area (Å²) in [4.78, 5) is 30.1. The molecule has 0 aliphatic carbocycles. The summed E-state index contributed by atoms with van der Waals surface area (Å²) in [5, 5.41) is 9.39. The number of carboxylic acids is 1. The number of nitrogens with zero attached hydrogens (tertiary/aromatic N) is 3. The smallest absolute Gasteiger partial charge is 0.329 e. The first kappa shape index (κ1) is 19.4. The maximum Gasteiger partial charge on any atom is 0.329 e. The van der Waals surface area contributed by atoms with Gasteiger partial charge in [-0.25, -0.2) is 9.78 Å². The Kier molecular flexibility index (Phi) is 5.35. The summed E-state index contributed by atoms with van der Waals surface area (Å²) in [6.45, 7) is 3.16. The summed E-state index contributed by atoms with van der Waals surface area (Å²) in [5.74, 6) is -0.0838. The molecular formula is C21H23N3O4. The van der Waals surface area contributed by atoms with E-state index in [1.54, 1.807) is 4.57 Å². The number of benzene rings is 2. The van der Waals surface area contributed by atoms with E-state index in [0.29, 0.717) is 11.6 Å². The van der Waals surface area contributed by atoms with Crippen LogP contribution in [0.2, 0.25) is 0 Å². The van der Waals surface area contributed by atoms with Crippen molar-refractivity contribution in [3.63, 3.8) is 0 Å². The number of hydrogen-bond donors (Lipinski definition) is 1. The summed E-state index contributed by atoms with van der Waals surface area (Å²) >= 11 is 0. The van der Waals surface area contributed by atoms with Gasteiger partial charge in [0.05, 0.1) is 11.0 Å². The third-order valence-corrected chi connectivity index (χ3v) is 4.87. The van der Waals surface area contributed by atoms with Gasteiger partial charge < -0.3 is 19.3 Å². The highest BCUT2D eigenvalue weighted by molar-refractivity contribution is 5.87. The molecule has 0 bridgehead atoms. The fraction of sp³-hybridized carbons (Fsp3) is 0.286. The zero-order valence-electron chi connectivity index (χ0n) is 16.1. The lowest BCUT2D eigenvalue weighted by molar-refractivity contribution is -0.155. The molecule has 0 unspecified atom stereocenters. The van der Waals surface area contributed by atoms with Crippen LogP contribution in [0.15, 0.2) is 54.6 Å². The van der Waals surface area contributed by atoms with Gasteiger partial charge in [-0.1, -0.05) is 30.3 Å². The second kappa shape index (κ2) is 7.72. The SMILES string of the molecule is CN(C(=O)Cn1c(COc2ccccc2)nc2ccccc21)C(C)(C)C(=O)O. The van der Waals surface area contributed by atoms with E-state index < -0.39 is 11.5 Å². The van der Waals surface area contributed by atoms with Crippen molar-refractivity contribution in [2.45, 2.75) is 32.5 Å². The van der Waals surface area contributed by atoms with Crippen molar-refractivity contribution in [1.29, 1.82) is 0 Å². The predicted octanol–water partition coefficient (Wildman–Crippen LogP) is 2.94. The van der Waals surface area contributed by atoms with Crippen molar-refractivity contribution in [2.75, 3.05) is 7.05 Å². The normalized spacial score (nSPS) is 11.4. The van der Waals surface area contributed by atoms with E-state index in [0.717, 1.165) is 11.0 Å². The number of rotatable bonds is 7. The van der Waals surface area contributed by atoms with Crippen LogP contribution in [0.25, 0.3) is 11.0 Å². The van der Waals surface area contributed by atoms with Crippen LogP contribution in [0.5, 0.6) is 5.75 Å². The highest BCUT2D eigenvalue weighted by Crippen LogP contribution is 2.20. The number of imidazole rings is 1. The molecule has 0 saturated heterocycles. The van der Waals surface area contributed by atoms with Crippen LogP contribution in [0.4, 0.5) is 0 Å². The Bertz CT molecular complexity index is 995. The van der Waals surface area contributed by atoms with Crippen LogP contribution >= 0.6 is 0 Å². The van der Waals surface area contributed by atoms with E-state index in [1.807, 2.05) is 54.6 Å². The number of aromatic nitrogens is 2. The molecule has 0 atom stereocenters. The van der Waals surface area contributed by atoms with Gasteiger partial charge in [-0.3, -0.25) is 4.79 Å². The Morgan fingerprint density at radius 1 is 1.11 bits per heavy atom. The van der Waals surface area contributed by atoms with Crippen LogP contribution in [-0.2, 0) is 22.7 Å². The summed E-state index contributed by atoms with van der Waals surface area (Å²) in [6.07, 6.45) is 0. The molecule has 1 amide bonds. The van der Waals surface area contributed by atoms with E-state index in [9.17, 15) is 14.7 Å². The molecule has 0 aliphatic rings. The maximum absolute atomic E-state index is 12.8. The number of carbonyl (C=O) groups excluding carboxylic acids is 1. The lowest BCUT2D eigenvalue weighted by Gasteiger charge is -2.31. The second-order valence-electron chi connectivity index (χ2n) is 7.02. The Labute approximate surface area is 163 Å². The average molecular weight is 381 g/mol. The van der Waals surface area contributed by atoms with Crippen molar-refractivity contribution >= 4 is 22.9 Å². The van der Waals surface area contributed by atoms with Gasteiger partial charge in [-0.2, -0.15) is 0 Å². The first-order valence-corrected chi connectivity index (χ1v) is 8.92. The Morgan fingerprint density at radius 2 is 1.75 bits per heavy atom. The molecule has 7 heteroatoms. The van der Waals surface area contributed by atoms with Gasteiger partial charge in [0, 0.05) is 7.05 Å². The van der Waals surface area contributed by atoms with Crippen molar-refractivity contribution < 1.29 is 19.4 Å². The van der Waals surface area contributed by atoms with E-state index in [4.69, 9.17) is 4.74 Å². The van der Waals surface area contributed by atoms with Crippen LogP contribution in [0.3, 0.4) is 0 Å². The maximum atomic E-state index is 12.8. The molecule has 0 spiro atoms. The Hall–Kier alpha value is -3.35. The molecule has 3 rings (SSSR count). The number of hydrogen-bond acceptors (Lipinski definition) is 4. The summed E-state index contributed by atoms with van der Waals surface area (Å²) in [5.41, 5.74) is 0.236. The Balaban J connectivity index is 1.88. The summed E-state index contributed by atoms with van der Waals surface area (Å²) in [7, 11) is 1.50. The van der Waals surface area contributed by atoms with Crippen LogP contribution in [0, 0.1) is 0 Å². The van der Waals surface area contributed by atoms with Gasteiger partial charge in [-0.15, -0.1) is 0 Å². The molecule has 2 aromatic carbocycles. The molecule has 1 N–H and O–H groups in total. The third kappa shape index (κ3) is 3.83. The zero-order chi connectivity index (χ0) is 20.3. The number of carboxylic acid groups (broad SMARTS) is 1. The van der Waals surface area contributed by atoms with Crippen LogP contribution < -0.4 is 4.74 Å². The monoisotopic (exact) mass is 381 g/mol. The number of aliphatic carboxylic acids is 1. The van der Waals surface area contributed by atoms with Crippen molar-refractivity contribution in [3.8, 4) is 5.75 Å². The highest BCUT2D eigenvalue weighted by atomic mass is 16.5. The highest BCUT2D eigenvalue weighted by Gasteiger charge is 2.35. The predicted molar refractivity (Wildman–Crippen MR) is 105 cm³/mol. The average Bonchev–Trinajstić information content (AvgIpc) is 3.04. The molecule has 28 heavy (non-hydrogen) atoms. The molecule has 0 fully saturated rings. The topological polar surface area (TPSA) is 84.7 Å². The lowest BCUT2D eigenvalue weighted by Crippen LogP contribution is -2.51. The van der Waals surface area contributed by atoms with E-state index in [1.165, 1.54) is 25.8 Å². The van der Waals surface area contributed by atoms with Crippen molar-refractivity contribution in [3.05, 3.63) is 60.4 Å². The first-order valence-electron chi connectivity index (χ1n) is 8.92. The molecule has 146 valence electrons. The van der Waals surface area contributed by atoms with Gasteiger partial charge in [-0.05, 0) is 38.1 Å². The molecule has 0 aliphatic heterocycles. The number of carbonyl (C=O) groups is 2. The minimum Gasteiger partial charge on any atom is -0.486 e. The van der Waals surface area contributed by atoms with E-state index >= 15 is 0 Å². The van der Waals surface area contributed by atoms with Gasteiger partial charge in [0.2, 0.25) is 5.91 Å². The molecule has 0 radical (unpaired) electrons. The van der Waals surface area contributed by atoms with Gasteiger partial charge in [0.25, 0.3) is 0 Å². The standard InChI is InChI=1S/C21H23N3O4/c1-21(2,20(26)27)23(3)19(25)13-24-17-12-8-7-11-16(17)22-18(24)14-28-15-9-5-4-6-10-15/h4-12H,13-14H2,1-3H3,(H,26,27). The fourth-order valence-electron chi connectivity index (χ4n) is 2.77. The number of para-hydroxylation sites is 3. The summed E-state index contributed by atoms with van der Waals surface area (Å²) < 4.78 is 7.58. The third-order valence-electron chi connectivity index (χ3n) is 4.87. The quantitative estimate of drug-likeness (QED) is 0.680. The largest absolute Gasteiger partial charge is 0.486 e. The molecule has 7 nitrogen and oxygen atoms in total. The van der Waals surface area contributed by atoms with Crippen molar-refractivity contribution in [2.24, 2.45) is 0 Å². The molecular weight excluding hydrogens is 358 g/mol. The minimum absolute atomic E-state index is 0.0266. The Morgan fingerprint density at radius 3 is 2.43 bits per heavy atom. The van der Waals surface area contributed by atoms with Crippen LogP contribution in [0.1, 0.15) is 19.7 Å². The zero-order valence-corrected chi connectivity index (χ0v) is 16.1. The van der Waals surface area contributed by atoms with Crippen LogP contribution in [-0.4, -0.2) is 44.0 Å². The lowest BCUT2D eigenvalue weighted by atomic mass is 10.0. The fourth-order valence-corrected chi connectivity index (χ4v) is 2.77. The van der Waals surface area contributed by atoms with Gasteiger partial charge in [0.15, 0.2) is 0 Å². The van der Waals surface area contributed by atoms with Gasteiger partial charge in [0.1, 0.15) is 30.3 Å². The molecule has 0 saturated carbocycles. The number of ether oxygens (including phenoxy) is 1. The van der Waals surface area contributed by atoms with Crippen molar-refractivity contribution in [1.82, 2.24) is 14.5 Å². The molecule has 3 aromatic rings. The number of likely N-dealkylation sites (N-methyl/N-ethyl adjacent to an activating group) is 1. The second-order valence-corrected chi connectivity index (χ2v) is 7.02. The minimum atomic E-state index is -1.31. The number of fused-ring (bicyclic) bond motifs is 1. The van der Waals surface area contributed by atoms with Gasteiger partial charge >= 0.3 is 5.97 Å². The van der Waals surface area contributed by atoms with E-state index in [2.05, 4.69) is 4.98 Å².